The summed E-state index contributed by atoms with van der Waals surface area (Å²) in [6, 6.07) is 0. The summed E-state index contributed by atoms with van der Waals surface area (Å²) >= 11 is 4.34. The first-order valence-corrected chi connectivity index (χ1v) is 7.64. The van der Waals surface area contributed by atoms with Gasteiger partial charge in [0.05, 0.1) is 0 Å². The van der Waals surface area contributed by atoms with Crippen LogP contribution in [-0.2, 0) is 4.79 Å². The Morgan fingerprint density at radius 1 is 1.29 bits per heavy atom. The Morgan fingerprint density at radius 2 is 1.94 bits per heavy atom. The molecule has 0 spiro atoms. The highest BCUT2D eigenvalue weighted by Crippen LogP contribution is 2.49. The van der Waals surface area contributed by atoms with Gasteiger partial charge in [0.25, 0.3) is 0 Å². The highest BCUT2D eigenvalue weighted by molar-refractivity contribution is 7.80. The van der Waals surface area contributed by atoms with Crippen molar-refractivity contribution in [3.05, 3.63) is 0 Å². The van der Waals surface area contributed by atoms with Gasteiger partial charge in [-0.25, -0.2) is 0 Å². The minimum Gasteiger partial charge on any atom is -0.356 e. The van der Waals surface area contributed by atoms with E-state index in [1.807, 2.05) is 0 Å². The maximum atomic E-state index is 11.8. The zero-order valence-electron chi connectivity index (χ0n) is 10.9. The molecular formula is C14H25NOS. The van der Waals surface area contributed by atoms with Gasteiger partial charge < -0.3 is 5.32 Å². The Balaban J connectivity index is 1.63. The average molecular weight is 255 g/mol. The fourth-order valence-corrected chi connectivity index (χ4v) is 3.19. The quantitative estimate of drug-likeness (QED) is 0.727. The normalized spacial score (nSPS) is 30.9. The molecular weight excluding hydrogens is 230 g/mol. The largest absolute Gasteiger partial charge is 0.356 e. The van der Waals surface area contributed by atoms with E-state index in [2.05, 4.69) is 24.9 Å². The summed E-state index contributed by atoms with van der Waals surface area (Å²) in [5.41, 5.74) is 0.258. The number of hydrogen-bond acceptors (Lipinski definition) is 2. The third kappa shape index (κ3) is 3.90. The number of rotatable bonds is 5. The Hall–Kier alpha value is -0.180. The highest BCUT2D eigenvalue weighted by atomic mass is 32.1. The molecule has 2 aliphatic carbocycles. The SMILES string of the molecule is CC1CCC(CNC(=O)CC2(CS)CC2)CC1. The molecule has 17 heavy (non-hydrogen) atoms. The lowest BCUT2D eigenvalue weighted by molar-refractivity contribution is -0.122. The highest BCUT2D eigenvalue weighted by Gasteiger charge is 2.42. The third-order valence-electron chi connectivity index (χ3n) is 4.55. The predicted octanol–water partition coefficient (Wildman–Crippen LogP) is 3.03. The van der Waals surface area contributed by atoms with E-state index in [1.165, 1.54) is 38.5 Å². The van der Waals surface area contributed by atoms with Crippen LogP contribution in [-0.4, -0.2) is 18.2 Å². The first-order chi connectivity index (χ1) is 8.13. The number of carbonyl (C=O) groups excluding carboxylic acids is 1. The summed E-state index contributed by atoms with van der Waals surface area (Å²) in [4.78, 5) is 11.8. The molecule has 2 saturated carbocycles. The number of nitrogens with one attached hydrogen (secondary N) is 1. The first kappa shape index (κ1) is 13.3. The summed E-state index contributed by atoms with van der Waals surface area (Å²) in [5, 5.41) is 3.12. The van der Waals surface area contributed by atoms with Crippen molar-refractivity contribution >= 4 is 18.5 Å². The molecule has 0 unspecified atom stereocenters. The smallest absolute Gasteiger partial charge is 0.220 e. The van der Waals surface area contributed by atoms with Crippen LogP contribution in [0.1, 0.15) is 51.9 Å². The minimum atomic E-state index is 0.246. The van der Waals surface area contributed by atoms with Crippen LogP contribution in [0.25, 0.3) is 0 Å². The summed E-state index contributed by atoms with van der Waals surface area (Å²) < 4.78 is 0. The Kier molecular flexibility index (Phi) is 4.40. The van der Waals surface area contributed by atoms with E-state index in [0.717, 1.165) is 24.1 Å². The Labute approximate surface area is 110 Å². The van der Waals surface area contributed by atoms with Gasteiger partial charge in [-0.05, 0) is 48.7 Å². The Bertz CT molecular complexity index is 267. The number of thiol groups is 1. The zero-order chi connectivity index (χ0) is 12.3. The van der Waals surface area contributed by atoms with Gasteiger partial charge in [0.1, 0.15) is 0 Å². The van der Waals surface area contributed by atoms with Crippen LogP contribution in [0.3, 0.4) is 0 Å². The van der Waals surface area contributed by atoms with E-state index in [0.29, 0.717) is 6.42 Å². The lowest BCUT2D eigenvalue weighted by Gasteiger charge is -2.26. The zero-order valence-corrected chi connectivity index (χ0v) is 11.8. The van der Waals surface area contributed by atoms with Gasteiger partial charge in [-0.3, -0.25) is 4.79 Å². The van der Waals surface area contributed by atoms with Gasteiger partial charge in [0.2, 0.25) is 5.91 Å². The second-order valence-electron chi connectivity index (χ2n) is 6.26. The molecule has 2 rings (SSSR count). The van der Waals surface area contributed by atoms with E-state index in [4.69, 9.17) is 0 Å². The Morgan fingerprint density at radius 3 is 2.47 bits per heavy atom. The second-order valence-corrected chi connectivity index (χ2v) is 6.58. The summed E-state index contributed by atoms with van der Waals surface area (Å²) in [6.45, 7) is 3.23. The molecule has 2 nitrogen and oxygen atoms in total. The van der Waals surface area contributed by atoms with E-state index >= 15 is 0 Å². The molecule has 3 heteroatoms. The number of amides is 1. The molecule has 1 N–H and O–H groups in total. The molecule has 0 heterocycles. The third-order valence-corrected chi connectivity index (χ3v) is 5.22. The predicted molar refractivity (Wildman–Crippen MR) is 74.3 cm³/mol. The van der Waals surface area contributed by atoms with Crippen LogP contribution in [0, 0.1) is 17.3 Å². The molecule has 0 aromatic rings. The van der Waals surface area contributed by atoms with Gasteiger partial charge in [-0.15, -0.1) is 0 Å². The molecule has 0 atom stereocenters. The van der Waals surface area contributed by atoms with Crippen LogP contribution in [0.4, 0.5) is 0 Å². The topological polar surface area (TPSA) is 29.1 Å². The van der Waals surface area contributed by atoms with Crippen LogP contribution in [0.15, 0.2) is 0 Å². The van der Waals surface area contributed by atoms with Crippen molar-refractivity contribution < 1.29 is 4.79 Å². The lowest BCUT2D eigenvalue weighted by atomic mass is 9.83. The van der Waals surface area contributed by atoms with Crippen molar-refractivity contribution in [2.45, 2.75) is 51.9 Å². The molecule has 2 fully saturated rings. The minimum absolute atomic E-state index is 0.246. The molecule has 0 aromatic heterocycles. The molecule has 0 aromatic carbocycles. The monoisotopic (exact) mass is 255 g/mol. The van der Waals surface area contributed by atoms with Gasteiger partial charge in [0, 0.05) is 13.0 Å². The van der Waals surface area contributed by atoms with Crippen LogP contribution < -0.4 is 5.32 Å². The lowest BCUT2D eigenvalue weighted by Crippen LogP contribution is -2.32. The van der Waals surface area contributed by atoms with Crippen molar-refractivity contribution in [3.63, 3.8) is 0 Å². The summed E-state index contributed by atoms with van der Waals surface area (Å²) in [6.07, 6.45) is 8.32. The standard InChI is InChI=1S/C14H25NOS/c1-11-2-4-12(5-3-11)9-15-13(16)8-14(10-17)6-7-14/h11-12,17H,2-10H2,1H3,(H,15,16). The molecule has 98 valence electrons. The maximum absolute atomic E-state index is 11.8. The maximum Gasteiger partial charge on any atom is 0.220 e. The molecule has 0 saturated heterocycles. The molecule has 0 radical (unpaired) electrons. The van der Waals surface area contributed by atoms with Crippen molar-refractivity contribution in [1.29, 1.82) is 0 Å². The van der Waals surface area contributed by atoms with Gasteiger partial charge in [-0.1, -0.05) is 19.8 Å². The molecule has 1 amide bonds. The summed E-state index contributed by atoms with van der Waals surface area (Å²) in [7, 11) is 0. The molecule has 2 aliphatic rings. The van der Waals surface area contributed by atoms with Crippen molar-refractivity contribution in [1.82, 2.24) is 5.32 Å². The molecule has 0 bridgehead atoms. The number of hydrogen-bond donors (Lipinski definition) is 2. The van der Waals surface area contributed by atoms with Crippen molar-refractivity contribution in [2.75, 3.05) is 12.3 Å². The van der Waals surface area contributed by atoms with Crippen molar-refractivity contribution in [2.24, 2.45) is 17.3 Å². The van der Waals surface area contributed by atoms with Crippen molar-refractivity contribution in [3.8, 4) is 0 Å². The first-order valence-electron chi connectivity index (χ1n) is 7.01. The molecule has 0 aliphatic heterocycles. The fourth-order valence-electron chi connectivity index (χ4n) is 2.76. The van der Waals surface area contributed by atoms with Gasteiger partial charge in [0.15, 0.2) is 0 Å². The van der Waals surface area contributed by atoms with Gasteiger partial charge >= 0.3 is 0 Å². The second kappa shape index (κ2) is 5.64. The van der Waals surface area contributed by atoms with E-state index < -0.39 is 0 Å². The van der Waals surface area contributed by atoms with E-state index in [1.54, 1.807) is 0 Å². The van der Waals surface area contributed by atoms with E-state index in [9.17, 15) is 4.79 Å². The number of carbonyl (C=O) groups is 1. The van der Waals surface area contributed by atoms with Gasteiger partial charge in [-0.2, -0.15) is 12.6 Å². The van der Waals surface area contributed by atoms with Crippen LogP contribution in [0.2, 0.25) is 0 Å². The van der Waals surface area contributed by atoms with E-state index in [-0.39, 0.29) is 11.3 Å². The summed E-state index contributed by atoms with van der Waals surface area (Å²) in [5.74, 6) is 2.72. The average Bonchev–Trinajstić information content (AvgIpc) is 3.09. The van der Waals surface area contributed by atoms with Crippen LogP contribution in [0.5, 0.6) is 0 Å². The fraction of sp³-hybridized carbons (Fsp3) is 0.929. The van der Waals surface area contributed by atoms with Crippen LogP contribution >= 0.6 is 12.6 Å².